The van der Waals surface area contributed by atoms with Gasteiger partial charge in [-0.25, -0.2) is 0 Å². The Morgan fingerprint density at radius 3 is 2.62 bits per heavy atom. The standard InChI is InChI=1S/C18H18N2O/c21-16-7-5-14(6-8-16)9-11-19-13-15-10-12-20-18-4-2-1-3-17(15)18/h1-8,10,12,19,21H,9,11,13H2. The summed E-state index contributed by atoms with van der Waals surface area (Å²) >= 11 is 0. The van der Waals surface area contributed by atoms with Crippen molar-refractivity contribution in [1.29, 1.82) is 0 Å². The number of para-hydroxylation sites is 1. The van der Waals surface area contributed by atoms with Gasteiger partial charge in [0, 0.05) is 18.1 Å². The van der Waals surface area contributed by atoms with Crippen LogP contribution in [0.15, 0.2) is 60.8 Å². The Balaban J connectivity index is 1.58. The molecule has 0 aliphatic rings. The van der Waals surface area contributed by atoms with Crippen LogP contribution < -0.4 is 5.32 Å². The van der Waals surface area contributed by atoms with Crippen LogP contribution in [-0.4, -0.2) is 16.6 Å². The molecule has 1 heterocycles. The van der Waals surface area contributed by atoms with Crippen molar-refractivity contribution in [2.75, 3.05) is 6.54 Å². The summed E-state index contributed by atoms with van der Waals surface area (Å²) in [5, 5.41) is 13.9. The molecule has 21 heavy (non-hydrogen) atoms. The number of aromatic nitrogens is 1. The van der Waals surface area contributed by atoms with Crippen LogP contribution in [0.25, 0.3) is 10.9 Å². The first kappa shape index (κ1) is 13.6. The van der Waals surface area contributed by atoms with E-state index in [4.69, 9.17) is 0 Å². The van der Waals surface area contributed by atoms with E-state index in [1.165, 1.54) is 16.5 Å². The normalized spacial score (nSPS) is 10.9. The first-order valence-electron chi connectivity index (χ1n) is 7.14. The second-order valence-corrected chi connectivity index (χ2v) is 5.08. The van der Waals surface area contributed by atoms with Crippen molar-refractivity contribution in [3.05, 3.63) is 71.9 Å². The third-order valence-corrected chi connectivity index (χ3v) is 3.58. The maximum Gasteiger partial charge on any atom is 0.115 e. The number of pyridine rings is 1. The lowest BCUT2D eigenvalue weighted by Crippen LogP contribution is -2.16. The average molecular weight is 278 g/mol. The van der Waals surface area contributed by atoms with Crippen LogP contribution >= 0.6 is 0 Å². The molecule has 0 spiro atoms. The molecule has 0 amide bonds. The molecule has 0 saturated heterocycles. The minimum absolute atomic E-state index is 0.315. The lowest BCUT2D eigenvalue weighted by Gasteiger charge is -2.08. The predicted molar refractivity (Wildman–Crippen MR) is 85.3 cm³/mol. The molecule has 1 aromatic heterocycles. The lowest BCUT2D eigenvalue weighted by atomic mass is 10.1. The SMILES string of the molecule is Oc1ccc(CCNCc2ccnc3ccccc23)cc1. The van der Waals surface area contributed by atoms with E-state index in [0.29, 0.717) is 5.75 Å². The Hall–Kier alpha value is -2.39. The fraction of sp³-hybridized carbons (Fsp3) is 0.167. The van der Waals surface area contributed by atoms with Crippen molar-refractivity contribution >= 4 is 10.9 Å². The molecule has 3 nitrogen and oxygen atoms in total. The van der Waals surface area contributed by atoms with Gasteiger partial charge in [0.2, 0.25) is 0 Å². The van der Waals surface area contributed by atoms with Gasteiger partial charge in [-0.1, -0.05) is 30.3 Å². The van der Waals surface area contributed by atoms with Gasteiger partial charge in [-0.15, -0.1) is 0 Å². The number of phenolic OH excluding ortho intramolecular Hbond substituents is 1. The van der Waals surface area contributed by atoms with Crippen molar-refractivity contribution < 1.29 is 5.11 Å². The van der Waals surface area contributed by atoms with Crippen LogP contribution in [0.5, 0.6) is 5.75 Å². The van der Waals surface area contributed by atoms with Crippen LogP contribution in [0.3, 0.4) is 0 Å². The molecular weight excluding hydrogens is 260 g/mol. The summed E-state index contributed by atoms with van der Waals surface area (Å²) < 4.78 is 0. The molecule has 0 aliphatic heterocycles. The summed E-state index contributed by atoms with van der Waals surface area (Å²) in [4.78, 5) is 4.37. The fourth-order valence-electron chi connectivity index (χ4n) is 2.43. The molecule has 3 rings (SSSR count). The number of aromatic hydroxyl groups is 1. The number of rotatable bonds is 5. The second kappa shape index (κ2) is 6.37. The highest BCUT2D eigenvalue weighted by Gasteiger charge is 2.00. The monoisotopic (exact) mass is 278 g/mol. The Labute approximate surface area is 124 Å². The fourth-order valence-corrected chi connectivity index (χ4v) is 2.43. The predicted octanol–water partition coefficient (Wildman–Crippen LogP) is 3.27. The van der Waals surface area contributed by atoms with Gasteiger partial charge in [0.25, 0.3) is 0 Å². The van der Waals surface area contributed by atoms with Gasteiger partial charge >= 0.3 is 0 Å². The quantitative estimate of drug-likeness (QED) is 0.704. The van der Waals surface area contributed by atoms with Crippen LogP contribution in [0, 0.1) is 0 Å². The van der Waals surface area contributed by atoms with Crippen molar-refractivity contribution in [3.8, 4) is 5.75 Å². The van der Waals surface area contributed by atoms with Gasteiger partial charge in [0.05, 0.1) is 5.52 Å². The summed E-state index contributed by atoms with van der Waals surface area (Å²) in [6.45, 7) is 1.74. The zero-order chi connectivity index (χ0) is 14.5. The Bertz CT molecular complexity index is 717. The van der Waals surface area contributed by atoms with E-state index >= 15 is 0 Å². The summed E-state index contributed by atoms with van der Waals surface area (Å²) in [6, 6.07) is 17.6. The summed E-state index contributed by atoms with van der Waals surface area (Å²) in [5.74, 6) is 0.315. The first-order chi connectivity index (χ1) is 10.3. The third-order valence-electron chi connectivity index (χ3n) is 3.58. The van der Waals surface area contributed by atoms with E-state index in [1.54, 1.807) is 12.1 Å². The maximum absolute atomic E-state index is 9.26. The van der Waals surface area contributed by atoms with Crippen LogP contribution in [0.1, 0.15) is 11.1 Å². The summed E-state index contributed by atoms with van der Waals surface area (Å²) in [7, 11) is 0. The topological polar surface area (TPSA) is 45.1 Å². The second-order valence-electron chi connectivity index (χ2n) is 5.08. The maximum atomic E-state index is 9.26. The van der Waals surface area contributed by atoms with E-state index < -0.39 is 0 Å². The molecule has 3 heteroatoms. The highest BCUT2D eigenvalue weighted by molar-refractivity contribution is 5.81. The molecule has 0 saturated carbocycles. The van der Waals surface area contributed by atoms with Crippen molar-refractivity contribution in [1.82, 2.24) is 10.3 Å². The molecule has 3 aromatic rings. The highest BCUT2D eigenvalue weighted by Crippen LogP contribution is 2.15. The molecule has 2 aromatic carbocycles. The largest absolute Gasteiger partial charge is 0.508 e. The molecule has 0 radical (unpaired) electrons. The van der Waals surface area contributed by atoms with E-state index in [-0.39, 0.29) is 0 Å². The highest BCUT2D eigenvalue weighted by atomic mass is 16.3. The number of hydrogen-bond acceptors (Lipinski definition) is 3. The number of hydrogen-bond donors (Lipinski definition) is 2. The molecular formula is C18H18N2O. The van der Waals surface area contributed by atoms with Gasteiger partial charge in [-0.2, -0.15) is 0 Å². The zero-order valence-corrected chi connectivity index (χ0v) is 11.8. The average Bonchev–Trinajstić information content (AvgIpc) is 2.53. The third kappa shape index (κ3) is 3.38. The molecule has 0 bridgehead atoms. The van der Waals surface area contributed by atoms with Crippen LogP contribution in [0.2, 0.25) is 0 Å². The first-order valence-corrected chi connectivity index (χ1v) is 7.14. The Kier molecular flexibility index (Phi) is 4.12. The van der Waals surface area contributed by atoms with Crippen molar-refractivity contribution in [2.24, 2.45) is 0 Å². The van der Waals surface area contributed by atoms with E-state index in [2.05, 4.69) is 22.4 Å². The number of benzene rings is 2. The number of nitrogens with one attached hydrogen (secondary N) is 1. The molecule has 106 valence electrons. The van der Waals surface area contributed by atoms with Crippen LogP contribution in [0.4, 0.5) is 0 Å². The number of fused-ring (bicyclic) bond motifs is 1. The van der Waals surface area contributed by atoms with Gasteiger partial charge in [0.1, 0.15) is 5.75 Å². The smallest absolute Gasteiger partial charge is 0.115 e. The van der Waals surface area contributed by atoms with E-state index in [0.717, 1.165) is 25.0 Å². The minimum atomic E-state index is 0.315. The molecule has 0 fully saturated rings. The number of nitrogens with zero attached hydrogens (tertiary/aromatic N) is 1. The number of phenols is 1. The van der Waals surface area contributed by atoms with Gasteiger partial charge in [-0.05, 0) is 48.4 Å². The van der Waals surface area contributed by atoms with Gasteiger partial charge in [-0.3, -0.25) is 4.98 Å². The van der Waals surface area contributed by atoms with E-state index in [9.17, 15) is 5.11 Å². The molecule has 0 aliphatic carbocycles. The van der Waals surface area contributed by atoms with Crippen molar-refractivity contribution in [3.63, 3.8) is 0 Å². The van der Waals surface area contributed by atoms with Crippen LogP contribution in [-0.2, 0) is 13.0 Å². The lowest BCUT2D eigenvalue weighted by molar-refractivity contribution is 0.475. The molecule has 2 N–H and O–H groups in total. The summed E-state index contributed by atoms with van der Waals surface area (Å²) in [5.41, 5.74) is 3.53. The van der Waals surface area contributed by atoms with E-state index in [1.807, 2.05) is 36.5 Å². The Morgan fingerprint density at radius 2 is 1.76 bits per heavy atom. The van der Waals surface area contributed by atoms with Crippen molar-refractivity contribution in [2.45, 2.75) is 13.0 Å². The molecule has 0 atom stereocenters. The minimum Gasteiger partial charge on any atom is -0.508 e. The van der Waals surface area contributed by atoms with Gasteiger partial charge < -0.3 is 10.4 Å². The zero-order valence-electron chi connectivity index (χ0n) is 11.8. The van der Waals surface area contributed by atoms with Gasteiger partial charge in [0.15, 0.2) is 0 Å². The Morgan fingerprint density at radius 1 is 0.952 bits per heavy atom. The molecule has 0 unspecified atom stereocenters. The summed E-state index contributed by atoms with van der Waals surface area (Å²) in [6.07, 6.45) is 2.81.